The van der Waals surface area contributed by atoms with Gasteiger partial charge in [-0.1, -0.05) is 54.2 Å². The Morgan fingerprint density at radius 2 is 1.65 bits per heavy atom. The average Bonchev–Trinajstić information content (AvgIpc) is 3.63. The van der Waals surface area contributed by atoms with Crippen LogP contribution in [0, 0.1) is 0 Å². The predicted molar refractivity (Wildman–Crippen MR) is 157 cm³/mol. The van der Waals surface area contributed by atoms with E-state index in [0.29, 0.717) is 29.1 Å². The van der Waals surface area contributed by atoms with Crippen LogP contribution in [0.25, 0.3) is 17.1 Å². The maximum absolute atomic E-state index is 12.8. The largest absolute Gasteiger partial charge is 0.573 e. The molecule has 0 N–H and O–H groups in total. The van der Waals surface area contributed by atoms with Crippen LogP contribution in [0.1, 0.15) is 17.5 Å². The third-order valence-electron chi connectivity index (χ3n) is 6.52. The van der Waals surface area contributed by atoms with E-state index in [-0.39, 0.29) is 35.4 Å². The fourth-order valence-corrected chi connectivity index (χ4v) is 5.26. The number of hydrogen-bond acceptors (Lipinski definition) is 7. The number of carbonyl (C=O) groups is 2. The number of carbonyl (C=O) groups excluding carboxylic acids is 2. The first kappa shape index (κ1) is 32.5. The number of halogens is 6. The number of aliphatic imine (C=N–C) groups is 1. The standard InChI is InChI=1S/C30H23F6N5O4S/c31-29(32,33)15-13-20-3-1-2-4-24(20)41-25(42)17-46-27(41)38-28(43)44-16-14-19-5-7-21(8-6-19)26-37-18-40(39-26)22-9-11-23(12-10-22)45-30(34,35)36/h1-12,18H,13-17H2. The van der Waals surface area contributed by atoms with E-state index in [0.717, 1.165) is 22.2 Å². The minimum Gasteiger partial charge on any atom is -0.448 e. The third-order valence-corrected chi connectivity index (χ3v) is 7.44. The zero-order chi connectivity index (χ0) is 32.9. The van der Waals surface area contributed by atoms with Crippen molar-refractivity contribution in [3.63, 3.8) is 0 Å². The van der Waals surface area contributed by atoms with Crippen LogP contribution in [-0.4, -0.2) is 56.8 Å². The van der Waals surface area contributed by atoms with Gasteiger partial charge in [0.2, 0.25) is 5.91 Å². The summed E-state index contributed by atoms with van der Waals surface area (Å²) in [5.74, 6) is -0.423. The van der Waals surface area contributed by atoms with E-state index in [1.807, 2.05) is 0 Å². The summed E-state index contributed by atoms with van der Waals surface area (Å²) in [6.07, 6.45) is -9.74. The van der Waals surface area contributed by atoms with Gasteiger partial charge in [-0.3, -0.25) is 9.69 Å². The minimum atomic E-state index is -4.79. The van der Waals surface area contributed by atoms with E-state index < -0.39 is 31.0 Å². The quantitative estimate of drug-likeness (QED) is 0.176. The van der Waals surface area contributed by atoms with Crippen molar-refractivity contribution in [1.82, 2.24) is 14.8 Å². The molecular weight excluding hydrogens is 640 g/mol. The fourth-order valence-electron chi connectivity index (χ4n) is 4.41. The van der Waals surface area contributed by atoms with Gasteiger partial charge in [0.15, 0.2) is 11.0 Å². The van der Waals surface area contributed by atoms with E-state index in [2.05, 4.69) is 19.8 Å². The van der Waals surface area contributed by atoms with Crippen molar-refractivity contribution in [3.05, 3.63) is 90.3 Å². The highest BCUT2D eigenvalue weighted by atomic mass is 32.2. The first-order valence-electron chi connectivity index (χ1n) is 13.6. The van der Waals surface area contributed by atoms with Gasteiger partial charge in [0, 0.05) is 18.4 Å². The summed E-state index contributed by atoms with van der Waals surface area (Å²) in [7, 11) is 0. The number of rotatable bonds is 9. The van der Waals surface area contributed by atoms with Gasteiger partial charge < -0.3 is 9.47 Å². The van der Waals surface area contributed by atoms with Crippen LogP contribution in [0.15, 0.2) is 84.1 Å². The lowest BCUT2D eigenvalue weighted by molar-refractivity contribution is -0.274. The van der Waals surface area contributed by atoms with Gasteiger partial charge in [0.1, 0.15) is 12.1 Å². The van der Waals surface area contributed by atoms with Crippen LogP contribution in [-0.2, 0) is 22.4 Å². The molecule has 0 atom stereocenters. The topological polar surface area (TPSA) is 98.9 Å². The molecule has 1 fully saturated rings. The Morgan fingerprint density at radius 3 is 2.35 bits per heavy atom. The van der Waals surface area contributed by atoms with Crippen LogP contribution >= 0.6 is 11.8 Å². The number of amides is 2. The second-order valence-electron chi connectivity index (χ2n) is 9.77. The van der Waals surface area contributed by atoms with E-state index in [9.17, 15) is 35.9 Å². The molecule has 1 aliphatic heterocycles. The summed E-state index contributed by atoms with van der Waals surface area (Å²) in [6.45, 7) is -0.0311. The number of thioether (sulfide) groups is 1. The van der Waals surface area contributed by atoms with Gasteiger partial charge in [-0.2, -0.15) is 18.2 Å². The molecule has 1 aromatic heterocycles. The Bertz CT molecular complexity index is 1720. The highest BCUT2D eigenvalue weighted by Crippen LogP contribution is 2.32. The molecule has 4 aromatic rings. The first-order chi connectivity index (χ1) is 21.8. The van der Waals surface area contributed by atoms with Crippen LogP contribution in [0.3, 0.4) is 0 Å². The second kappa shape index (κ2) is 13.6. The van der Waals surface area contributed by atoms with Crippen molar-refractivity contribution in [2.45, 2.75) is 31.8 Å². The predicted octanol–water partition coefficient (Wildman–Crippen LogP) is 7.14. The Labute approximate surface area is 261 Å². The van der Waals surface area contributed by atoms with E-state index in [1.54, 1.807) is 36.4 Å². The highest BCUT2D eigenvalue weighted by molar-refractivity contribution is 8.15. The summed E-state index contributed by atoms with van der Waals surface area (Å²) in [5, 5.41) is 4.38. The van der Waals surface area contributed by atoms with Crippen molar-refractivity contribution in [2.24, 2.45) is 4.99 Å². The van der Waals surface area contributed by atoms with Gasteiger partial charge in [0.05, 0.1) is 23.7 Å². The summed E-state index contributed by atoms with van der Waals surface area (Å²) < 4.78 is 86.1. The maximum atomic E-state index is 12.8. The number of para-hydroxylation sites is 1. The molecule has 1 saturated heterocycles. The lowest BCUT2D eigenvalue weighted by Gasteiger charge is -2.20. The number of ether oxygens (including phenoxy) is 2. The first-order valence-corrected chi connectivity index (χ1v) is 14.6. The minimum absolute atomic E-state index is 0.0244. The molecule has 2 amide bonds. The molecule has 0 saturated carbocycles. The van der Waals surface area contributed by atoms with Gasteiger partial charge in [-0.25, -0.2) is 14.5 Å². The summed E-state index contributed by atoms with van der Waals surface area (Å²) in [6, 6.07) is 18.4. The summed E-state index contributed by atoms with van der Waals surface area (Å²) in [5.41, 5.74) is 2.50. The number of alkyl halides is 6. The summed E-state index contributed by atoms with van der Waals surface area (Å²) >= 11 is 0.989. The Kier molecular flexibility index (Phi) is 9.65. The van der Waals surface area contributed by atoms with Crippen LogP contribution in [0.2, 0.25) is 0 Å². The van der Waals surface area contributed by atoms with Crippen molar-refractivity contribution in [1.29, 1.82) is 0 Å². The Morgan fingerprint density at radius 1 is 0.935 bits per heavy atom. The maximum Gasteiger partial charge on any atom is 0.573 e. The van der Waals surface area contributed by atoms with Crippen LogP contribution < -0.4 is 9.64 Å². The van der Waals surface area contributed by atoms with Crippen molar-refractivity contribution in [2.75, 3.05) is 17.3 Å². The zero-order valence-electron chi connectivity index (χ0n) is 23.6. The Hall–Kier alpha value is -4.86. The molecule has 0 radical (unpaired) electrons. The van der Waals surface area contributed by atoms with Gasteiger partial charge in [0.25, 0.3) is 0 Å². The van der Waals surface area contributed by atoms with Gasteiger partial charge in [-0.05, 0) is 47.9 Å². The Balaban J connectivity index is 1.16. The molecule has 0 spiro atoms. The van der Waals surface area contributed by atoms with Crippen molar-refractivity contribution < 1.29 is 45.4 Å². The van der Waals surface area contributed by atoms with E-state index in [1.165, 1.54) is 47.4 Å². The monoisotopic (exact) mass is 663 g/mol. The molecular formula is C30H23F6N5O4S. The summed E-state index contributed by atoms with van der Waals surface area (Å²) in [4.78, 5) is 34.3. The van der Waals surface area contributed by atoms with Crippen LogP contribution in [0.4, 0.5) is 36.8 Å². The number of hydrogen-bond donors (Lipinski definition) is 0. The molecule has 0 bridgehead atoms. The number of benzene rings is 3. The SMILES string of the molecule is O=C(N=C1SCC(=O)N1c1ccccc1CCC(F)(F)F)OCCc1ccc(-c2ncn(-c3ccc(OC(F)(F)F)cc3)n2)cc1. The smallest absolute Gasteiger partial charge is 0.448 e. The number of nitrogens with zero attached hydrogens (tertiary/aromatic N) is 5. The molecule has 3 aromatic carbocycles. The third kappa shape index (κ3) is 8.65. The van der Waals surface area contributed by atoms with E-state index >= 15 is 0 Å². The van der Waals surface area contributed by atoms with Crippen molar-refractivity contribution in [3.8, 4) is 22.8 Å². The van der Waals surface area contributed by atoms with Crippen molar-refractivity contribution >= 4 is 34.6 Å². The number of anilines is 1. The lowest BCUT2D eigenvalue weighted by Crippen LogP contribution is -2.31. The number of amidine groups is 1. The second-order valence-corrected chi connectivity index (χ2v) is 10.7. The van der Waals surface area contributed by atoms with Gasteiger partial charge >= 0.3 is 18.6 Å². The zero-order valence-corrected chi connectivity index (χ0v) is 24.4. The fraction of sp³-hybridized carbons (Fsp3) is 0.233. The molecule has 0 aliphatic carbocycles. The molecule has 5 rings (SSSR count). The number of aryl methyl sites for hydroxylation is 1. The molecule has 2 heterocycles. The van der Waals surface area contributed by atoms with Gasteiger partial charge in [-0.15, -0.1) is 18.3 Å². The molecule has 0 unspecified atom stereocenters. The lowest BCUT2D eigenvalue weighted by atomic mass is 10.1. The molecule has 46 heavy (non-hydrogen) atoms. The normalized spacial score (nSPS) is 14.6. The van der Waals surface area contributed by atoms with Crippen LogP contribution in [0.5, 0.6) is 5.75 Å². The highest BCUT2D eigenvalue weighted by Gasteiger charge is 2.34. The molecule has 240 valence electrons. The average molecular weight is 664 g/mol. The molecule has 16 heteroatoms. The number of aromatic nitrogens is 3. The molecule has 9 nitrogen and oxygen atoms in total. The van der Waals surface area contributed by atoms with E-state index in [4.69, 9.17) is 4.74 Å². The molecule has 1 aliphatic rings.